The zero-order valence-corrected chi connectivity index (χ0v) is 34.2. The summed E-state index contributed by atoms with van der Waals surface area (Å²) in [5, 5.41) is 5.51. The van der Waals surface area contributed by atoms with Crippen molar-refractivity contribution in [2.45, 2.75) is 13.1 Å². The average Bonchev–Trinajstić information content (AvgIpc) is 3.75. The standard InChI is InChI=1S/C56H42N2Si/c1-59(2)55-28-15-13-24-47(55)48-25-16-26-49(56(48)59)51-37-50-46-23-12-14-27-52(46)58(43-21-10-5-11-22-43)54(50)38-53(51)57(44-33-29-41(30-34-44)39-17-6-3-7-18-39)45-35-31-42(32-36-45)40-19-8-4-9-20-40/h3-38H,1-2H3. The van der Waals surface area contributed by atoms with Gasteiger partial charge >= 0.3 is 0 Å². The number of aromatic nitrogens is 1. The summed E-state index contributed by atoms with van der Waals surface area (Å²) in [5.41, 5.74) is 17.0. The first-order chi connectivity index (χ1) is 29.0. The van der Waals surface area contributed by atoms with Gasteiger partial charge in [0.15, 0.2) is 0 Å². The van der Waals surface area contributed by atoms with Gasteiger partial charge in [-0.05, 0) is 104 Å². The highest BCUT2D eigenvalue weighted by Crippen LogP contribution is 2.47. The second kappa shape index (κ2) is 14.0. The summed E-state index contributed by atoms with van der Waals surface area (Å²) < 4.78 is 2.44. The molecule has 0 bridgehead atoms. The van der Waals surface area contributed by atoms with Crippen LogP contribution in [0.3, 0.4) is 0 Å². The average molecular weight is 771 g/mol. The predicted octanol–water partition coefficient (Wildman–Crippen LogP) is 14.1. The van der Waals surface area contributed by atoms with Gasteiger partial charge in [-0.3, -0.25) is 0 Å². The van der Waals surface area contributed by atoms with Crippen molar-refractivity contribution in [2.24, 2.45) is 0 Å². The molecule has 9 aromatic carbocycles. The van der Waals surface area contributed by atoms with Crippen LogP contribution < -0.4 is 15.3 Å². The van der Waals surface area contributed by atoms with Crippen molar-refractivity contribution in [2.75, 3.05) is 4.90 Å². The molecule has 0 fully saturated rings. The van der Waals surface area contributed by atoms with E-state index in [1.165, 1.54) is 76.7 Å². The lowest BCUT2D eigenvalue weighted by molar-refractivity contribution is 1.18. The molecule has 0 saturated carbocycles. The summed E-state index contributed by atoms with van der Waals surface area (Å²) in [7, 11) is -2.11. The fraction of sp³-hybridized carbons (Fsp3) is 0.0357. The van der Waals surface area contributed by atoms with E-state index < -0.39 is 8.07 Å². The van der Waals surface area contributed by atoms with Crippen molar-refractivity contribution in [3.8, 4) is 50.2 Å². The number of nitrogens with zero attached hydrogens (tertiary/aromatic N) is 2. The van der Waals surface area contributed by atoms with Crippen LogP contribution in [0.5, 0.6) is 0 Å². The Balaban J connectivity index is 1.23. The van der Waals surface area contributed by atoms with E-state index in [4.69, 9.17) is 0 Å². The van der Waals surface area contributed by atoms with E-state index in [1.54, 1.807) is 0 Å². The van der Waals surface area contributed by atoms with Gasteiger partial charge in [-0.15, -0.1) is 0 Å². The summed E-state index contributed by atoms with van der Waals surface area (Å²) in [4.78, 5) is 2.49. The first-order valence-electron chi connectivity index (χ1n) is 20.5. The van der Waals surface area contributed by atoms with Gasteiger partial charge < -0.3 is 9.47 Å². The van der Waals surface area contributed by atoms with Crippen molar-refractivity contribution >= 4 is 57.3 Å². The first kappa shape index (κ1) is 35.0. The maximum absolute atomic E-state index is 2.53. The van der Waals surface area contributed by atoms with Crippen molar-refractivity contribution in [1.29, 1.82) is 0 Å². The minimum absolute atomic E-state index is 1.10. The minimum Gasteiger partial charge on any atom is -0.310 e. The summed E-state index contributed by atoms with van der Waals surface area (Å²) >= 11 is 0. The van der Waals surface area contributed by atoms with Crippen molar-refractivity contribution in [1.82, 2.24) is 4.57 Å². The van der Waals surface area contributed by atoms with Gasteiger partial charge in [0, 0.05) is 33.4 Å². The van der Waals surface area contributed by atoms with Crippen LogP contribution in [-0.4, -0.2) is 12.6 Å². The molecule has 59 heavy (non-hydrogen) atoms. The van der Waals surface area contributed by atoms with Crippen LogP contribution in [0.2, 0.25) is 13.1 Å². The normalized spacial score (nSPS) is 12.7. The van der Waals surface area contributed by atoms with E-state index >= 15 is 0 Å². The number of fused-ring (bicyclic) bond motifs is 6. The Labute approximate surface area is 346 Å². The highest BCUT2D eigenvalue weighted by Gasteiger charge is 2.40. The number of hydrogen-bond acceptors (Lipinski definition) is 1. The Bertz CT molecular complexity index is 3060. The van der Waals surface area contributed by atoms with Crippen molar-refractivity contribution in [3.05, 3.63) is 218 Å². The lowest BCUT2D eigenvalue weighted by atomic mass is 9.95. The molecule has 0 unspecified atom stereocenters. The SMILES string of the molecule is C[Si]1(C)c2ccccc2-c2cccc(-c3cc4c5ccccc5n(-c5ccccc5)c4cc3N(c3ccc(-c4ccccc4)cc3)c3ccc(-c4ccccc4)cc3)c21. The third kappa shape index (κ3) is 5.77. The Morgan fingerprint density at radius 2 is 0.864 bits per heavy atom. The second-order valence-electron chi connectivity index (χ2n) is 16.1. The number of hydrogen-bond donors (Lipinski definition) is 0. The predicted molar refractivity (Wildman–Crippen MR) is 254 cm³/mol. The molecule has 3 heteroatoms. The van der Waals surface area contributed by atoms with Crippen LogP contribution >= 0.6 is 0 Å². The lowest BCUT2D eigenvalue weighted by Crippen LogP contribution is -2.50. The van der Waals surface area contributed by atoms with E-state index in [9.17, 15) is 0 Å². The molecular formula is C56H42N2Si. The molecule has 0 saturated heterocycles. The lowest BCUT2D eigenvalue weighted by Gasteiger charge is -2.30. The van der Waals surface area contributed by atoms with Gasteiger partial charge in [0.25, 0.3) is 0 Å². The van der Waals surface area contributed by atoms with E-state index in [-0.39, 0.29) is 0 Å². The number of anilines is 3. The highest BCUT2D eigenvalue weighted by molar-refractivity contribution is 7.04. The van der Waals surface area contributed by atoms with Gasteiger partial charge in [-0.25, -0.2) is 0 Å². The molecule has 0 atom stereocenters. The molecule has 0 spiro atoms. The van der Waals surface area contributed by atoms with E-state index in [0.717, 1.165) is 22.7 Å². The van der Waals surface area contributed by atoms with Gasteiger partial charge in [-0.1, -0.05) is 177 Å². The quantitative estimate of drug-likeness (QED) is 0.147. The molecule has 1 aliphatic heterocycles. The molecule has 0 radical (unpaired) electrons. The molecule has 11 rings (SSSR count). The summed E-state index contributed by atoms with van der Waals surface area (Å²) in [5.74, 6) is 0. The molecule has 280 valence electrons. The van der Waals surface area contributed by atoms with Gasteiger partial charge in [-0.2, -0.15) is 0 Å². The maximum Gasteiger partial charge on any atom is 0.114 e. The Hall–Kier alpha value is -7.20. The monoisotopic (exact) mass is 770 g/mol. The smallest absolute Gasteiger partial charge is 0.114 e. The first-order valence-corrected chi connectivity index (χ1v) is 23.5. The summed E-state index contributed by atoms with van der Waals surface area (Å²) in [6.45, 7) is 5.06. The highest BCUT2D eigenvalue weighted by atomic mass is 28.3. The molecule has 0 aliphatic carbocycles. The maximum atomic E-state index is 2.53. The van der Waals surface area contributed by atoms with Crippen LogP contribution in [0.1, 0.15) is 0 Å². The van der Waals surface area contributed by atoms with Gasteiger partial charge in [0.2, 0.25) is 0 Å². The van der Waals surface area contributed by atoms with E-state index in [1.807, 2.05) is 0 Å². The zero-order chi connectivity index (χ0) is 39.5. The van der Waals surface area contributed by atoms with Gasteiger partial charge in [0.05, 0.1) is 16.7 Å². The molecule has 1 aromatic heterocycles. The number of benzene rings is 9. The summed E-state index contributed by atoms with van der Waals surface area (Å²) in [6.07, 6.45) is 0. The van der Waals surface area contributed by atoms with Crippen molar-refractivity contribution < 1.29 is 0 Å². The Morgan fingerprint density at radius 3 is 1.49 bits per heavy atom. The van der Waals surface area contributed by atoms with Crippen molar-refractivity contribution in [3.63, 3.8) is 0 Å². The molecule has 10 aromatic rings. The molecular weight excluding hydrogens is 729 g/mol. The second-order valence-corrected chi connectivity index (χ2v) is 20.4. The van der Waals surface area contributed by atoms with E-state index in [0.29, 0.717) is 0 Å². The topological polar surface area (TPSA) is 8.17 Å². The van der Waals surface area contributed by atoms with Crippen LogP contribution in [0.4, 0.5) is 17.1 Å². The minimum atomic E-state index is -2.11. The van der Waals surface area contributed by atoms with Gasteiger partial charge in [0.1, 0.15) is 8.07 Å². The molecule has 0 amide bonds. The number of para-hydroxylation sites is 2. The van der Waals surface area contributed by atoms with Crippen LogP contribution in [-0.2, 0) is 0 Å². The van der Waals surface area contributed by atoms with Crippen LogP contribution in [0.15, 0.2) is 218 Å². The van der Waals surface area contributed by atoms with E-state index in [2.05, 4.69) is 241 Å². The summed E-state index contributed by atoms with van der Waals surface area (Å²) in [6, 6.07) is 80.3. The largest absolute Gasteiger partial charge is 0.310 e. The fourth-order valence-corrected chi connectivity index (χ4v) is 13.1. The third-order valence-electron chi connectivity index (χ3n) is 12.4. The fourth-order valence-electron chi connectivity index (χ4n) is 9.63. The Kier molecular flexibility index (Phi) is 8.31. The Morgan fingerprint density at radius 1 is 0.373 bits per heavy atom. The molecule has 2 heterocycles. The molecule has 0 N–H and O–H groups in total. The number of rotatable bonds is 7. The van der Waals surface area contributed by atoms with Crippen LogP contribution in [0, 0.1) is 0 Å². The van der Waals surface area contributed by atoms with Crippen LogP contribution in [0.25, 0.3) is 72.0 Å². The third-order valence-corrected chi connectivity index (χ3v) is 16.0. The molecule has 1 aliphatic rings. The zero-order valence-electron chi connectivity index (χ0n) is 33.2. The molecule has 2 nitrogen and oxygen atoms in total.